The molecule has 0 spiro atoms. The number of carbonyl (C=O) groups is 1. The summed E-state index contributed by atoms with van der Waals surface area (Å²) in [5, 5.41) is 10.9. The number of aromatic nitrogens is 2. The normalized spacial score (nSPS) is 13.5. The highest BCUT2D eigenvalue weighted by Gasteiger charge is 2.14. The summed E-state index contributed by atoms with van der Waals surface area (Å²) >= 11 is 0. The van der Waals surface area contributed by atoms with Crippen molar-refractivity contribution in [3.8, 4) is 11.5 Å². The summed E-state index contributed by atoms with van der Waals surface area (Å²) in [6.07, 6.45) is 1.10. The van der Waals surface area contributed by atoms with E-state index in [0.29, 0.717) is 24.8 Å². The number of ether oxygens (including phenoxy) is 2. The van der Waals surface area contributed by atoms with Crippen molar-refractivity contribution in [3.05, 3.63) is 47.5 Å². The van der Waals surface area contributed by atoms with Gasteiger partial charge in [-0.1, -0.05) is 17.7 Å². The number of H-pyrrole nitrogens is 1. The van der Waals surface area contributed by atoms with Gasteiger partial charge in [-0.2, -0.15) is 5.10 Å². The van der Waals surface area contributed by atoms with Gasteiger partial charge in [0.2, 0.25) is 5.91 Å². The van der Waals surface area contributed by atoms with E-state index < -0.39 is 0 Å². The molecule has 0 unspecified atom stereocenters. The van der Waals surface area contributed by atoms with Crippen molar-refractivity contribution in [2.24, 2.45) is 0 Å². The van der Waals surface area contributed by atoms with Crippen LogP contribution in [0.4, 0.5) is 5.82 Å². The summed E-state index contributed by atoms with van der Waals surface area (Å²) < 4.78 is 11.3. The summed E-state index contributed by atoms with van der Waals surface area (Å²) in [5.41, 5.74) is 2.89. The lowest BCUT2D eigenvalue weighted by molar-refractivity contribution is -0.115. The number of benzene rings is 2. The number of hydrogen-bond acceptors (Lipinski definition) is 4. The molecule has 0 atom stereocenters. The van der Waals surface area contributed by atoms with E-state index in [1.165, 1.54) is 0 Å². The molecular weight excluding hydrogens is 318 g/mol. The van der Waals surface area contributed by atoms with E-state index in [0.717, 1.165) is 34.2 Å². The highest BCUT2D eigenvalue weighted by atomic mass is 16.5. The Labute approximate surface area is 145 Å². The molecule has 6 nitrogen and oxygen atoms in total. The molecule has 0 saturated heterocycles. The predicted molar refractivity (Wildman–Crippen MR) is 95.2 cm³/mol. The van der Waals surface area contributed by atoms with Crippen molar-refractivity contribution in [3.63, 3.8) is 0 Å². The Balaban J connectivity index is 1.50. The van der Waals surface area contributed by atoms with E-state index >= 15 is 0 Å². The molecule has 2 aromatic carbocycles. The van der Waals surface area contributed by atoms with E-state index in [1.807, 2.05) is 43.3 Å². The maximum Gasteiger partial charge on any atom is 0.230 e. The van der Waals surface area contributed by atoms with Gasteiger partial charge in [0.05, 0.1) is 25.2 Å². The zero-order chi connectivity index (χ0) is 17.2. The van der Waals surface area contributed by atoms with Crippen LogP contribution in [0.15, 0.2) is 36.4 Å². The van der Waals surface area contributed by atoms with Crippen molar-refractivity contribution in [2.75, 3.05) is 18.5 Å². The molecule has 128 valence electrons. The van der Waals surface area contributed by atoms with Gasteiger partial charge in [-0.3, -0.25) is 9.89 Å². The van der Waals surface area contributed by atoms with Crippen LogP contribution in [-0.4, -0.2) is 29.3 Å². The third-order valence-electron chi connectivity index (χ3n) is 4.15. The van der Waals surface area contributed by atoms with Crippen LogP contribution in [0.3, 0.4) is 0 Å². The molecule has 1 aromatic heterocycles. The fourth-order valence-corrected chi connectivity index (χ4v) is 2.90. The average molecular weight is 337 g/mol. The molecule has 0 bridgehead atoms. The predicted octanol–water partition coefficient (Wildman–Crippen LogP) is 3.21. The van der Waals surface area contributed by atoms with Gasteiger partial charge in [0.15, 0.2) is 17.3 Å². The lowest BCUT2D eigenvalue weighted by Gasteiger charge is -2.09. The minimum Gasteiger partial charge on any atom is -0.490 e. The van der Waals surface area contributed by atoms with Gasteiger partial charge in [-0.05, 0) is 36.8 Å². The van der Waals surface area contributed by atoms with Crippen LogP contribution >= 0.6 is 0 Å². The largest absolute Gasteiger partial charge is 0.490 e. The number of nitrogens with one attached hydrogen (secondary N) is 2. The van der Waals surface area contributed by atoms with Crippen molar-refractivity contribution in [1.29, 1.82) is 0 Å². The molecule has 2 heterocycles. The first-order valence-electron chi connectivity index (χ1n) is 8.32. The number of nitrogens with zero attached hydrogens (tertiary/aromatic N) is 1. The van der Waals surface area contributed by atoms with Crippen molar-refractivity contribution < 1.29 is 14.3 Å². The molecule has 1 aliphatic heterocycles. The number of carbonyl (C=O) groups excluding carboxylic acids is 1. The SMILES string of the molecule is Cc1ccc2[nH]nc(NC(=O)Cc3ccc4c(c3)OCCCO4)c2c1. The van der Waals surface area contributed by atoms with E-state index in [1.54, 1.807) is 0 Å². The number of fused-ring (bicyclic) bond motifs is 2. The molecule has 1 aliphatic rings. The number of amides is 1. The molecule has 6 heteroatoms. The van der Waals surface area contributed by atoms with Gasteiger partial charge in [-0.15, -0.1) is 0 Å². The van der Waals surface area contributed by atoms with Crippen LogP contribution in [0.5, 0.6) is 11.5 Å². The van der Waals surface area contributed by atoms with Crippen molar-refractivity contribution in [1.82, 2.24) is 10.2 Å². The molecule has 2 N–H and O–H groups in total. The van der Waals surface area contributed by atoms with E-state index in [9.17, 15) is 4.79 Å². The molecule has 0 radical (unpaired) electrons. The second-order valence-corrected chi connectivity index (χ2v) is 6.18. The minimum absolute atomic E-state index is 0.121. The number of aromatic amines is 1. The standard InChI is InChI=1S/C19H19N3O3/c1-12-3-5-15-14(9-12)19(22-21-15)20-18(23)11-13-4-6-16-17(10-13)25-8-2-7-24-16/h3-6,9-10H,2,7-8,11H2,1H3,(H2,20,21,22,23). The molecule has 0 fully saturated rings. The van der Waals surface area contributed by atoms with Crippen molar-refractivity contribution >= 4 is 22.6 Å². The van der Waals surface area contributed by atoms with Gasteiger partial charge in [-0.25, -0.2) is 0 Å². The molecule has 25 heavy (non-hydrogen) atoms. The fraction of sp³-hybridized carbons (Fsp3) is 0.263. The third kappa shape index (κ3) is 3.28. The quantitative estimate of drug-likeness (QED) is 0.769. The monoisotopic (exact) mass is 337 g/mol. The molecule has 4 rings (SSSR count). The topological polar surface area (TPSA) is 76.2 Å². The fourth-order valence-electron chi connectivity index (χ4n) is 2.90. The summed E-state index contributed by atoms with van der Waals surface area (Å²) in [6.45, 7) is 3.29. The lowest BCUT2D eigenvalue weighted by atomic mass is 10.1. The minimum atomic E-state index is -0.121. The summed E-state index contributed by atoms with van der Waals surface area (Å²) in [7, 11) is 0. The van der Waals surface area contributed by atoms with Gasteiger partial charge >= 0.3 is 0 Å². The molecule has 0 aliphatic carbocycles. The summed E-state index contributed by atoms with van der Waals surface area (Å²) in [4.78, 5) is 12.4. The first-order valence-corrected chi connectivity index (χ1v) is 8.32. The van der Waals surface area contributed by atoms with Crippen LogP contribution in [-0.2, 0) is 11.2 Å². The van der Waals surface area contributed by atoms with Crippen LogP contribution in [0.2, 0.25) is 0 Å². The van der Waals surface area contributed by atoms with Crippen LogP contribution in [0, 0.1) is 6.92 Å². The second kappa shape index (κ2) is 6.47. The Morgan fingerprint density at radius 1 is 1.16 bits per heavy atom. The first-order chi connectivity index (χ1) is 12.2. The highest BCUT2D eigenvalue weighted by Crippen LogP contribution is 2.30. The average Bonchev–Trinajstić information content (AvgIpc) is 2.83. The molecular formula is C19H19N3O3. The van der Waals surface area contributed by atoms with E-state index in [-0.39, 0.29) is 12.3 Å². The lowest BCUT2D eigenvalue weighted by Crippen LogP contribution is -2.15. The van der Waals surface area contributed by atoms with Gasteiger partial charge < -0.3 is 14.8 Å². The Bertz CT molecular complexity index is 933. The highest BCUT2D eigenvalue weighted by molar-refractivity contribution is 6.00. The van der Waals surface area contributed by atoms with E-state index in [2.05, 4.69) is 15.5 Å². The molecule has 3 aromatic rings. The summed E-state index contributed by atoms with van der Waals surface area (Å²) in [5.74, 6) is 1.86. The Hall–Kier alpha value is -3.02. The maximum absolute atomic E-state index is 12.4. The molecule has 0 saturated carbocycles. The second-order valence-electron chi connectivity index (χ2n) is 6.18. The smallest absolute Gasteiger partial charge is 0.230 e. The van der Waals surface area contributed by atoms with E-state index in [4.69, 9.17) is 9.47 Å². The Morgan fingerprint density at radius 3 is 2.88 bits per heavy atom. The number of rotatable bonds is 3. The number of anilines is 1. The number of hydrogen-bond donors (Lipinski definition) is 2. The van der Waals surface area contributed by atoms with Gasteiger partial charge in [0, 0.05) is 11.8 Å². The zero-order valence-electron chi connectivity index (χ0n) is 14.0. The third-order valence-corrected chi connectivity index (χ3v) is 4.15. The summed E-state index contributed by atoms with van der Waals surface area (Å²) in [6, 6.07) is 11.6. The van der Waals surface area contributed by atoms with Crippen LogP contribution in [0.25, 0.3) is 10.9 Å². The van der Waals surface area contributed by atoms with Crippen LogP contribution in [0.1, 0.15) is 17.5 Å². The Morgan fingerprint density at radius 2 is 2.00 bits per heavy atom. The van der Waals surface area contributed by atoms with Gasteiger partial charge in [0.1, 0.15) is 0 Å². The Kier molecular flexibility index (Phi) is 4.01. The first kappa shape index (κ1) is 15.5. The zero-order valence-corrected chi connectivity index (χ0v) is 14.0. The maximum atomic E-state index is 12.4. The van der Waals surface area contributed by atoms with Crippen LogP contribution < -0.4 is 14.8 Å². The van der Waals surface area contributed by atoms with Gasteiger partial charge in [0.25, 0.3) is 0 Å². The number of aryl methyl sites for hydroxylation is 1. The molecule has 1 amide bonds. The van der Waals surface area contributed by atoms with Crippen molar-refractivity contribution in [2.45, 2.75) is 19.8 Å².